The number of hydrogen-bond donors (Lipinski definition) is 1. The lowest BCUT2D eigenvalue weighted by molar-refractivity contribution is -0.150. The molecule has 6 heteroatoms. The zero-order valence-corrected chi connectivity index (χ0v) is 22.2. The number of rotatable bonds is 8. The molecule has 0 amide bonds. The van der Waals surface area contributed by atoms with E-state index in [2.05, 4.69) is 0 Å². The highest BCUT2D eigenvalue weighted by atomic mass is 35.5. The van der Waals surface area contributed by atoms with Crippen molar-refractivity contribution in [3.63, 3.8) is 0 Å². The average molecular weight is 512 g/mol. The van der Waals surface area contributed by atoms with Crippen molar-refractivity contribution >= 4 is 17.6 Å². The van der Waals surface area contributed by atoms with Gasteiger partial charge in [-0.3, -0.25) is 9.80 Å². The Morgan fingerprint density at radius 1 is 1.23 bits per heavy atom. The van der Waals surface area contributed by atoms with Crippen molar-refractivity contribution in [1.29, 1.82) is 0 Å². The SMILES string of the molecule is [2H]c1cc(C)c(C)c(C)c1C([2H])(c1ccc(Cl)c(C)c1)N1C([2H])(C)C([2H])([2H])N(C([2H])(C)C([2H])([2H])OC(C)C(=O)O)C([2H])([2H])C1([2H])C. The van der Waals surface area contributed by atoms with Crippen LogP contribution in [0.15, 0.2) is 30.3 Å². The van der Waals surface area contributed by atoms with Crippen LogP contribution in [0.25, 0.3) is 0 Å². The van der Waals surface area contributed by atoms with Crippen molar-refractivity contribution in [2.45, 2.75) is 85.6 Å². The highest BCUT2D eigenvalue weighted by Crippen LogP contribution is 2.38. The molecular weight excluding hydrogens is 460 g/mol. The quantitative estimate of drug-likeness (QED) is 0.475. The molecule has 1 N–H and O–H groups in total. The standard InChI is InChI=1S/C29H41ClN2O3/c1-17-9-11-26(23(7)22(17)6)28(25-10-12-27(30)18(2)13-25)32-19(3)14-31(15-20(32)4)21(5)16-35-24(8)29(33)34/h9-13,19-21,24,28H,14-16H2,1-8H3,(H,33,34)/i11D,14D2,15D2,16D2,19D,20D,21D,28D. The molecule has 5 nitrogen and oxygen atoms in total. The van der Waals surface area contributed by atoms with Crippen molar-refractivity contribution in [2.75, 3.05) is 19.6 Å². The summed E-state index contributed by atoms with van der Waals surface area (Å²) >= 11 is 6.32. The van der Waals surface area contributed by atoms with E-state index >= 15 is 0 Å². The van der Waals surface area contributed by atoms with Gasteiger partial charge in [0.15, 0.2) is 6.10 Å². The summed E-state index contributed by atoms with van der Waals surface area (Å²) in [5.74, 6) is -1.58. The molecule has 0 saturated carbocycles. The van der Waals surface area contributed by atoms with Gasteiger partial charge >= 0.3 is 5.97 Å². The van der Waals surface area contributed by atoms with Crippen molar-refractivity contribution < 1.29 is 29.7 Å². The van der Waals surface area contributed by atoms with Crippen molar-refractivity contribution in [3.05, 3.63) is 68.7 Å². The van der Waals surface area contributed by atoms with Crippen LogP contribution in [0.3, 0.4) is 0 Å². The van der Waals surface area contributed by atoms with Gasteiger partial charge < -0.3 is 9.84 Å². The van der Waals surface area contributed by atoms with Gasteiger partial charge in [-0.25, -0.2) is 4.79 Å². The molecule has 0 bridgehead atoms. The largest absolute Gasteiger partial charge is 0.479 e. The summed E-state index contributed by atoms with van der Waals surface area (Å²) in [4.78, 5) is 12.3. The predicted molar refractivity (Wildman–Crippen MR) is 144 cm³/mol. The van der Waals surface area contributed by atoms with Crippen LogP contribution >= 0.6 is 11.6 Å². The molecule has 1 aliphatic rings. The number of carboxylic acids is 1. The lowest BCUT2D eigenvalue weighted by Crippen LogP contribution is -2.60. The number of aliphatic carboxylic acids is 1. The third kappa shape index (κ3) is 6.08. The molecule has 0 radical (unpaired) electrons. The number of nitrogens with zero attached hydrogens (tertiary/aromatic N) is 2. The number of benzene rings is 2. The van der Waals surface area contributed by atoms with E-state index in [0.29, 0.717) is 26.6 Å². The minimum Gasteiger partial charge on any atom is -0.479 e. The number of ether oxygens (including phenoxy) is 1. The first-order valence-electron chi connectivity index (χ1n) is 16.8. The summed E-state index contributed by atoms with van der Waals surface area (Å²) in [5, 5.41) is 9.65. The fourth-order valence-electron chi connectivity index (χ4n) is 3.78. The maximum atomic E-state index is 11.5. The van der Waals surface area contributed by atoms with E-state index in [1.165, 1.54) is 24.3 Å². The topological polar surface area (TPSA) is 53.0 Å². The van der Waals surface area contributed by atoms with E-state index in [0.717, 1.165) is 33.3 Å². The van der Waals surface area contributed by atoms with Crippen LogP contribution in [0.1, 0.15) is 82.2 Å². The Hall–Kier alpha value is -1.92. The molecule has 2 aromatic carbocycles. The number of carboxylic acid groups (broad SMARTS) is 1. The van der Waals surface area contributed by atoms with Crippen molar-refractivity contribution in [3.8, 4) is 0 Å². The van der Waals surface area contributed by atoms with Gasteiger partial charge in [-0.2, -0.15) is 0 Å². The molecule has 35 heavy (non-hydrogen) atoms. The summed E-state index contributed by atoms with van der Waals surface area (Å²) in [5.41, 5.74) is 2.36. The summed E-state index contributed by atoms with van der Waals surface area (Å²) in [7, 11) is 0. The Bertz CT molecular complexity index is 1520. The predicted octanol–water partition coefficient (Wildman–Crippen LogP) is 5.94. The summed E-state index contributed by atoms with van der Waals surface area (Å²) in [6.45, 7) is 0.522. The minimum absolute atomic E-state index is 0.0306. The molecule has 1 heterocycles. The minimum atomic E-state index is -3.37. The average Bonchev–Trinajstić information content (AvgIpc) is 2.86. The van der Waals surface area contributed by atoms with Crippen LogP contribution < -0.4 is 0 Å². The first kappa shape index (κ1) is 16.0. The third-order valence-electron chi connectivity index (χ3n) is 6.14. The summed E-state index contributed by atoms with van der Waals surface area (Å²) in [6.07, 6.45) is -1.82. The van der Waals surface area contributed by atoms with Crippen LogP contribution in [0, 0.1) is 27.7 Å². The van der Waals surface area contributed by atoms with Gasteiger partial charge in [0.05, 0.1) is 18.1 Å². The van der Waals surface area contributed by atoms with Gasteiger partial charge in [-0.05, 0) is 94.8 Å². The monoisotopic (exact) mass is 511 g/mol. The molecule has 192 valence electrons. The lowest BCUT2D eigenvalue weighted by atomic mass is 9.87. The second kappa shape index (κ2) is 11.4. The van der Waals surface area contributed by atoms with Crippen LogP contribution in [-0.2, 0) is 9.53 Å². The van der Waals surface area contributed by atoms with Crippen LogP contribution in [0.5, 0.6) is 0 Å². The van der Waals surface area contributed by atoms with E-state index in [-0.39, 0.29) is 22.1 Å². The second-order valence-electron chi connectivity index (χ2n) is 8.76. The number of piperazine rings is 1. The normalized spacial score (nSPS) is 36.0. The van der Waals surface area contributed by atoms with Gasteiger partial charge in [0.25, 0.3) is 0 Å². The van der Waals surface area contributed by atoms with Crippen LogP contribution in [0.2, 0.25) is 5.02 Å². The van der Waals surface area contributed by atoms with Crippen molar-refractivity contribution in [2.24, 2.45) is 0 Å². The Kier molecular flexibility index (Phi) is 5.23. The van der Waals surface area contributed by atoms with Crippen LogP contribution in [0.4, 0.5) is 0 Å². The summed E-state index contributed by atoms with van der Waals surface area (Å²) < 4.78 is 106. The molecule has 1 aliphatic heterocycles. The van der Waals surface area contributed by atoms with Crippen LogP contribution in [-0.4, -0.2) is 64.6 Å². The smallest absolute Gasteiger partial charge is 0.332 e. The molecule has 1 fully saturated rings. The highest BCUT2D eigenvalue weighted by molar-refractivity contribution is 6.31. The van der Waals surface area contributed by atoms with E-state index in [4.69, 9.17) is 21.8 Å². The molecule has 1 saturated heterocycles. The summed E-state index contributed by atoms with van der Waals surface area (Å²) in [6, 6.07) is -5.50. The van der Waals surface area contributed by atoms with Crippen molar-refractivity contribution in [1.82, 2.24) is 9.80 Å². The second-order valence-corrected chi connectivity index (χ2v) is 9.17. The first-order valence-corrected chi connectivity index (χ1v) is 11.7. The molecule has 5 unspecified atom stereocenters. The maximum Gasteiger partial charge on any atom is 0.332 e. The Balaban J connectivity index is 2.51. The first-order chi connectivity index (χ1) is 20.5. The zero-order chi connectivity index (χ0) is 36.0. The maximum absolute atomic E-state index is 11.5. The Labute approximate surface area is 231 Å². The van der Waals surface area contributed by atoms with Gasteiger partial charge in [0.1, 0.15) is 0 Å². The fourth-order valence-corrected chi connectivity index (χ4v) is 3.90. The molecule has 2 aromatic rings. The number of carbonyl (C=O) groups is 1. The van der Waals surface area contributed by atoms with Gasteiger partial charge in [-0.1, -0.05) is 35.8 Å². The fraction of sp³-hybridized carbons (Fsp3) is 0.552. The van der Waals surface area contributed by atoms with E-state index in [9.17, 15) is 19.5 Å². The molecule has 0 aromatic heterocycles. The molecule has 3 rings (SSSR count). The molecular formula is C29H41ClN2O3. The van der Waals surface area contributed by atoms with E-state index < -0.39 is 55.7 Å². The number of halogens is 1. The Morgan fingerprint density at radius 3 is 2.43 bits per heavy atom. The third-order valence-corrected chi connectivity index (χ3v) is 6.56. The Morgan fingerprint density at radius 2 is 1.86 bits per heavy atom. The molecule has 0 spiro atoms. The molecule has 5 atom stereocenters. The highest BCUT2D eigenvalue weighted by Gasteiger charge is 2.38. The molecule has 0 aliphatic carbocycles. The number of hydrogen-bond acceptors (Lipinski definition) is 4. The van der Waals surface area contributed by atoms with E-state index in [1.54, 1.807) is 27.7 Å². The lowest BCUT2D eigenvalue weighted by Gasteiger charge is -2.50. The van der Waals surface area contributed by atoms with Gasteiger partial charge in [0.2, 0.25) is 0 Å². The van der Waals surface area contributed by atoms with Gasteiger partial charge in [0, 0.05) is 45.7 Å². The van der Waals surface area contributed by atoms with Gasteiger partial charge in [-0.15, -0.1) is 0 Å². The zero-order valence-electron chi connectivity index (χ0n) is 32.4. The number of aryl methyl sites for hydroxylation is 2. The van der Waals surface area contributed by atoms with E-state index in [1.807, 2.05) is 0 Å².